The molecule has 2 aromatic heterocycles. The molecule has 0 fully saturated rings. The Bertz CT molecular complexity index is 982. The van der Waals surface area contributed by atoms with E-state index in [1.807, 2.05) is 18.2 Å². The SMILES string of the molecule is O=C(Nc1ccc(-n2cccn2)nc1)C1=NCC(=O)N(c2ccccc2)N1. The molecule has 0 unspecified atom stereocenters. The summed E-state index contributed by atoms with van der Waals surface area (Å²) in [5, 5.41) is 8.11. The van der Waals surface area contributed by atoms with Gasteiger partial charge in [-0.05, 0) is 30.3 Å². The monoisotopic (exact) mass is 361 g/mol. The first-order valence-electron chi connectivity index (χ1n) is 8.17. The minimum atomic E-state index is -0.461. The second-order valence-electron chi connectivity index (χ2n) is 5.65. The molecular formula is C18H15N7O2. The van der Waals surface area contributed by atoms with Crippen molar-refractivity contribution in [3.05, 3.63) is 67.1 Å². The number of para-hydroxylation sites is 1. The number of hydrogen-bond donors (Lipinski definition) is 2. The lowest BCUT2D eigenvalue weighted by Gasteiger charge is -2.27. The van der Waals surface area contributed by atoms with E-state index in [1.54, 1.807) is 47.4 Å². The van der Waals surface area contributed by atoms with E-state index >= 15 is 0 Å². The number of aromatic nitrogens is 3. The summed E-state index contributed by atoms with van der Waals surface area (Å²) in [5.74, 6) is -0.0263. The Kier molecular flexibility index (Phi) is 4.32. The molecule has 1 aromatic carbocycles. The van der Waals surface area contributed by atoms with E-state index in [-0.39, 0.29) is 18.3 Å². The number of benzene rings is 1. The molecule has 9 heteroatoms. The molecule has 0 saturated heterocycles. The van der Waals surface area contributed by atoms with Crippen molar-refractivity contribution in [3.8, 4) is 5.82 Å². The number of carbonyl (C=O) groups excluding carboxylic acids is 2. The van der Waals surface area contributed by atoms with Crippen molar-refractivity contribution in [1.29, 1.82) is 0 Å². The number of amides is 2. The minimum Gasteiger partial charge on any atom is -0.318 e. The van der Waals surface area contributed by atoms with Crippen LogP contribution in [0.15, 0.2) is 72.1 Å². The van der Waals surface area contributed by atoms with Crippen LogP contribution in [0.3, 0.4) is 0 Å². The van der Waals surface area contributed by atoms with Crippen molar-refractivity contribution in [2.45, 2.75) is 0 Å². The van der Waals surface area contributed by atoms with Gasteiger partial charge in [0.1, 0.15) is 6.54 Å². The maximum Gasteiger partial charge on any atom is 0.292 e. The van der Waals surface area contributed by atoms with Crippen LogP contribution in [0.2, 0.25) is 0 Å². The molecule has 3 aromatic rings. The van der Waals surface area contributed by atoms with Gasteiger partial charge >= 0.3 is 0 Å². The first kappa shape index (κ1) is 16.5. The third-order valence-electron chi connectivity index (χ3n) is 3.81. The fraction of sp³-hybridized carbons (Fsp3) is 0.0556. The average Bonchev–Trinajstić information content (AvgIpc) is 3.24. The Morgan fingerprint density at radius 2 is 1.96 bits per heavy atom. The molecule has 0 bridgehead atoms. The summed E-state index contributed by atoms with van der Waals surface area (Å²) < 4.78 is 1.61. The highest BCUT2D eigenvalue weighted by molar-refractivity contribution is 6.43. The van der Waals surface area contributed by atoms with E-state index in [1.165, 1.54) is 11.2 Å². The van der Waals surface area contributed by atoms with Gasteiger partial charge in [0.2, 0.25) is 5.84 Å². The predicted molar refractivity (Wildman–Crippen MR) is 99.4 cm³/mol. The Balaban J connectivity index is 1.46. The molecule has 0 aliphatic carbocycles. The molecule has 4 rings (SSSR count). The normalized spacial score (nSPS) is 13.7. The number of rotatable bonds is 4. The zero-order valence-electron chi connectivity index (χ0n) is 14.1. The largest absolute Gasteiger partial charge is 0.318 e. The van der Waals surface area contributed by atoms with Crippen LogP contribution in [-0.2, 0) is 9.59 Å². The summed E-state index contributed by atoms with van der Waals surface area (Å²) in [7, 11) is 0. The minimum absolute atomic E-state index is 0.0506. The molecular weight excluding hydrogens is 346 g/mol. The summed E-state index contributed by atoms with van der Waals surface area (Å²) in [6, 6.07) is 14.2. The van der Waals surface area contributed by atoms with Crippen molar-refractivity contribution in [2.24, 2.45) is 4.99 Å². The number of hydrazine groups is 1. The molecule has 9 nitrogen and oxygen atoms in total. The van der Waals surface area contributed by atoms with Gasteiger partial charge in [0.05, 0.1) is 17.6 Å². The number of nitrogens with zero attached hydrogens (tertiary/aromatic N) is 5. The summed E-state index contributed by atoms with van der Waals surface area (Å²) >= 11 is 0. The number of carbonyl (C=O) groups is 2. The number of anilines is 2. The first-order chi connectivity index (χ1) is 13.2. The van der Waals surface area contributed by atoms with Gasteiger partial charge in [0.25, 0.3) is 11.8 Å². The standard InChI is InChI=1S/C18H15N7O2/c26-16-12-20-17(23-25(16)14-5-2-1-3-6-14)18(27)22-13-7-8-15(19-11-13)24-10-4-9-21-24/h1-11H,12H2,(H,20,23)(H,22,27). The predicted octanol–water partition coefficient (Wildman–Crippen LogP) is 1.16. The summed E-state index contributed by atoms with van der Waals surface area (Å²) in [6.45, 7) is -0.110. The highest BCUT2D eigenvalue weighted by Gasteiger charge is 2.25. The second-order valence-corrected chi connectivity index (χ2v) is 5.65. The van der Waals surface area contributed by atoms with E-state index in [9.17, 15) is 9.59 Å². The van der Waals surface area contributed by atoms with Crippen molar-refractivity contribution < 1.29 is 9.59 Å². The van der Waals surface area contributed by atoms with Crippen LogP contribution in [-0.4, -0.2) is 39.0 Å². The van der Waals surface area contributed by atoms with E-state index in [0.29, 0.717) is 17.2 Å². The number of aliphatic imine (C=N–C) groups is 1. The topological polar surface area (TPSA) is 105 Å². The van der Waals surface area contributed by atoms with E-state index in [4.69, 9.17) is 0 Å². The van der Waals surface area contributed by atoms with E-state index < -0.39 is 5.91 Å². The highest BCUT2D eigenvalue weighted by atomic mass is 16.2. The summed E-state index contributed by atoms with van der Waals surface area (Å²) in [5.41, 5.74) is 3.90. The van der Waals surface area contributed by atoms with Gasteiger partial charge in [-0.3, -0.25) is 20.0 Å². The van der Waals surface area contributed by atoms with Gasteiger partial charge in [0, 0.05) is 12.4 Å². The lowest BCUT2D eigenvalue weighted by molar-refractivity contribution is -0.118. The molecule has 0 spiro atoms. The van der Waals surface area contributed by atoms with Crippen LogP contribution in [0.1, 0.15) is 0 Å². The molecule has 2 N–H and O–H groups in total. The van der Waals surface area contributed by atoms with Crippen LogP contribution in [0.4, 0.5) is 11.4 Å². The lowest BCUT2D eigenvalue weighted by atomic mass is 10.3. The first-order valence-corrected chi connectivity index (χ1v) is 8.17. The molecule has 27 heavy (non-hydrogen) atoms. The van der Waals surface area contributed by atoms with Crippen molar-refractivity contribution in [3.63, 3.8) is 0 Å². The van der Waals surface area contributed by atoms with Crippen LogP contribution in [0, 0.1) is 0 Å². The molecule has 1 aliphatic rings. The number of amidine groups is 1. The number of nitrogens with one attached hydrogen (secondary N) is 2. The number of hydrogen-bond acceptors (Lipinski definition) is 6. The maximum atomic E-state index is 12.5. The van der Waals surface area contributed by atoms with Crippen LogP contribution >= 0.6 is 0 Å². The molecule has 0 atom stereocenters. The van der Waals surface area contributed by atoms with E-state index in [0.717, 1.165) is 0 Å². The van der Waals surface area contributed by atoms with Gasteiger partial charge in [-0.1, -0.05) is 18.2 Å². The molecule has 2 amide bonds. The third-order valence-corrected chi connectivity index (χ3v) is 3.81. The Labute approximate surface area is 154 Å². The Morgan fingerprint density at radius 3 is 2.67 bits per heavy atom. The average molecular weight is 361 g/mol. The van der Waals surface area contributed by atoms with Crippen LogP contribution < -0.4 is 15.8 Å². The Hall–Kier alpha value is -4.01. The van der Waals surface area contributed by atoms with Crippen molar-refractivity contribution in [1.82, 2.24) is 20.2 Å². The van der Waals surface area contributed by atoms with Gasteiger partial charge in [-0.25, -0.2) is 14.7 Å². The van der Waals surface area contributed by atoms with Gasteiger partial charge in [-0.15, -0.1) is 0 Å². The fourth-order valence-electron chi connectivity index (χ4n) is 2.52. The zero-order chi connectivity index (χ0) is 18.6. The maximum absolute atomic E-state index is 12.5. The fourth-order valence-corrected chi connectivity index (χ4v) is 2.52. The van der Waals surface area contributed by atoms with Crippen molar-refractivity contribution in [2.75, 3.05) is 16.9 Å². The van der Waals surface area contributed by atoms with Crippen LogP contribution in [0.25, 0.3) is 5.82 Å². The highest BCUT2D eigenvalue weighted by Crippen LogP contribution is 2.14. The molecule has 0 radical (unpaired) electrons. The Morgan fingerprint density at radius 1 is 1.11 bits per heavy atom. The van der Waals surface area contributed by atoms with Gasteiger partial charge < -0.3 is 5.32 Å². The molecule has 0 saturated carbocycles. The van der Waals surface area contributed by atoms with E-state index in [2.05, 4.69) is 25.8 Å². The van der Waals surface area contributed by atoms with Gasteiger partial charge in [-0.2, -0.15) is 5.10 Å². The number of pyridine rings is 1. The zero-order valence-corrected chi connectivity index (χ0v) is 14.1. The second kappa shape index (κ2) is 7.08. The molecule has 1 aliphatic heterocycles. The van der Waals surface area contributed by atoms with Crippen LogP contribution in [0.5, 0.6) is 0 Å². The van der Waals surface area contributed by atoms with Gasteiger partial charge in [0.15, 0.2) is 5.82 Å². The smallest absolute Gasteiger partial charge is 0.292 e. The molecule has 3 heterocycles. The third kappa shape index (κ3) is 3.52. The quantitative estimate of drug-likeness (QED) is 0.725. The summed E-state index contributed by atoms with van der Waals surface area (Å²) in [4.78, 5) is 32.8. The summed E-state index contributed by atoms with van der Waals surface area (Å²) in [6.07, 6.45) is 4.96. The van der Waals surface area contributed by atoms with Crippen molar-refractivity contribution >= 4 is 29.0 Å². The lowest BCUT2D eigenvalue weighted by Crippen LogP contribution is -2.54. The molecule has 134 valence electrons.